The van der Waals surface area contributed by atoms with Crippen molar-refractivity contribution < 1.29 is 12.8 Å². The van der Waals surface area contributed by atoms with Gasteiger partial charge in [-0.1, -0.05) is 28.8 Å². The van der Waals surface area contributed by atoms with E-state index in [9.17, 15) is 12.8 Å². The third-order valence-electron chi connectivity index (χ3n) is 4.18. The predicted octanol–water partition coefficient (Wildman–Crippen LogP) is 4.95. The minimum absolute atomic E-state index is 0.00594. The number of sulfone groups is 1. The Morgan fingerprint density at radius 3 is 2.42 bits per heavy atom. The molecule has 0 radical (unpaired) electrons. The van der Waals surface area contributed by atoms with E-state index in [0.717, 1.165) is 17.7 Å². The molecule has 1 unspecified atom stereocenters. The maximum absolute atomic E-state index is 13.7. The Labute approximate surface area is 150 Å². The summed E-state index contributed by atoms with van der Waals surface area (Å²) in [5, 5.41) is 3.42. The quantitative estimate of drug-likeness (QED) is 0.731. The highest BCUT2D eigenvalue weighted by Crippen LogP contribution is 2.39. The SMILES string of the molecule is CS(=O)(=O)c1ccc(NC(CC2CC2)c2cc(F)cc(Br)c2)cc1. The summed E-state index contributed by atoms with van der Waals surface area (Å²) < 4.78 is 37.6. The molecule has 0 saturated heterocycles. The predicted molar refractivity (Wildman–Crippen MR) is 97.4 cm³/mol. The topological polar surface area (TPSA) is 46.2 Å². The van der Waals surface area contributed by atoms with Crippen LogP contribution in [0.4, 0.5) is 10.1 Å². The number of halogens is 2. The lowest BCUT2D eigenvalue weighted by molar-refractivity contribution is 0.601. The Bertz CT molecular complexity index is 812. The molecule has 1 fully saturated rings. The second-order valence-electron chi connectivity index (χ2n) is 6.38. The van der Waals surface area contributed by atoms with E-state index >= 15 is 0 Å². The molecule has 1 atom stereocenters. The van der Waals surface area contributed by atoms with Crippen LogP contribution in [0.3, 0.4) is 0 Å². The first-order chi connectivity index (χ1) is 11.3. The van der Waals surface area contributed by atoms with Crippen LogP contribution in [0.1, 0.15) is 30.9 Å². The van der Waals surface area contributed by atoms with Crippen LogP contribution in [0.25, 0.3) is 0 Å². The molecule has 3 nitrogen and oxygen atoms in total. The van der Waals surface area contributed by atoms with Crippen molar-refractivity contribution >= 4 is 31.5 Å². The highest BCUT2D eigenvalue weighted by Gasteiger charge is 2.26. The Morgan fingerprint density at radius 1 is 1.21 bits per heavy atom. The Kier molecular flexibility index (Phi) is 4.97. The molecule has 0 bridgehead atoms. The smallest absolute Gasteiger partial charge is 0.175 e. The minimum atomic E-state index is -3.20. The van der Waals surface area contributed by atoms with E-state index in [1.54, 1.807) is 30.3 Å². The fourth-order valence-corrected chi connectivity index (χ4v) is 3.85. The molecule has 1 N–H and O–H groups in total. The lowest BCUT2D eigenvalue weighted by Crippen LogP contribution is -2.12. The molecule has 128 valence electrons. The van der Waals surface area contributed by atoms with Gasteiger partial charge in [0, 0.05) is 16.4 Å². The van der Waals surface area contributed by atoms with E-state index in [1.165, 1.54) is 25.2 Å². The van der Waals surface area contributed by atoms with Crippen LogP contribution in [0.2, 0.25) is 0 Å². The number of nitrogens with one attached hydrogen (secondary N) is 1. The number of anilines is 1. The summed E-state index contributed by atoms with van der Waals surface area (Å²) in [7, 11) is -3.20. The molecule has 0 spiro atoms. The van der Waals surface area contributed by atoms with Gasteiger partial charge in [0.25, 0.3) is 0 Å². The van der Waals surface area contributed by atoms with Crippen LogP contribution in [0.5, 0.6) is 0 Å². The van der Waals surface area contributed by atoms with Gasteiger partial charge in [-0.2, -0.15) is 0 Å². The number of hydrogen-bond donors (Lipinski definition) is 1. The summed E-state index contributed by atoms with van der Waals surface area (Å²) in [5.74, 6) is 0.397. The molecule has 2 aromatic carbocycles. The Balaban J connectivity index is 1.84. The maximum atomic E-state index is 13.7. The first kappa shape index (κ1) is 17.4. The van der Waals surface area contributed by atoms with E-state index in [0.29, 0.717) is 15.3 Å². The molecule has 0 heterocycles. The maximum Gasteiger partial charge on any atom is 0.175 e. The summed E-state index contributed by atoms with van der Waals surface area (Å²) in [6, 6.07) is 11.6. The Morgan fingerprint density at radius 2 is 1.88 bits per heavy atom. The fraction of sp³-hybridized carbons (Fsp3) is 0.333. The third kappa shape index (κ3) is 4.57. The summed E-state index contributed by atoms with van der Waals surface area (Å²) in [5.41, 5.74) is 1.72. The lowest BCUT2D eigenvalue weighted by Gasteiger charge is -2.21. The van der Waals surface area contributed by atoms with Crippen molar-refractivity contribution in [1.82, 2.24) is 0 Å². The molecule has 2 aromatic rings. The van der Waals surface area contributed by atoms with Crippen molar-refractivity contribution in [1.29, 1.82) is 0 Å². The summed E-state index contributed by atoms with van der Waals surface area (Å²) in [6.07, 6.45) is 4.54. The first-order valence-corrected chi connectivity index (χ1v) is 10.5. The third-order valence-corrected chi connectivity index (χ3v) is 5.76. The van der Waals surface area contributed by atoms with Crippen LogP contribution in [-0.4, -0.2) is 14.7 Å². The van der Waals surface area contributed by atoms with Gasteiger partial charge in [-0.15, -0.1) is 0 Å². The van der Waals surface area contributed by atoms with Crippen LogP contribution >= 0.6 is 15.9 Å². The average Bonchev–Trinajstić information content (AvgIpc) is 3.29. The fourth-order valence-electron chi connectivity index (χ4n) is 2.74. The van der Waals surface area contributed by atoms with Crippen molar-refractivity contribution in [3.63, 3.8) is 0 Å². The van der Waals surface area contributed by atoms with Crippen molar-refractivity contribution in [2.75, 3.05) is 11.6 Å². The van der Waals surface area contributed by atoms with Gasteiger partial charge in [-0.25, -0.2) is 12.8 Å². The molecule has 24 heavy (non-hydrogen) atoms. The van der Waals surface area contributed by atoms with E-state index < -0.39 is 9.84 Å². The zero-order valence-electron chi connectivity index (χ0n) is 13.3. The van der Waals surface area contributed by atoms with Gasteiger partial charge in [-0.05, 0) is 60.4 Å². The monoisotopic (exact) mass is 411 g/mol. The summed E-state index contributed by atoms with van der Waals surface area (Å²) >= 11 is 3.35. The number of hydrogen-bond acceptors (Lipinski definition) is 3. The number of rotatable bonds is 6. The van der Waals surface area contributed by atoms with E-state index in [-0.39, 0.29) is 11.9 Å². The zero-order valence-corrected chi connectivity index (χ0v) is 15.7. The van der Waals surface area contributed by atoms with Gasteiger partial charge < -0.3 is 5.32 Å². The van der Waals surface area contributed by atoms with Crippen molar-refractivity contribution in [3.05, 3.63) is 58.3 Å². The average molecular weight is 412 g/mol. The van der Waals surface area contributed by atoms with Crippen LogP contribution in [-0.2, 0) is 9.84 Å². The normalized spacial score (nSPS) is 16.0. The van der Waals surface area contributed by atoms with Crippen LogP contribution in [0.15, 0.2) is 51.8 Å². The molecule has 0 aliphatic heterocycles. The van der Waals surface area contributed by atoms with Gasteiger partial charge in [0.1, 0.15) is 5.82 Å². The Hall–Kier alpha value is -1.40. The molecule has 1 aliphatic carbocycles. The lowest BCUT2D eigenvalue weighted by atomic mass is 10.0. The van der Waals surface area contributed by atoms with Crippen molar-refractivity contribution in [2.45, 2.75) is 30.2 Å². The minimum Gasteiger partial charge on any atom is -0.378 e. The second kappa shape index (κ2) is 6.84. The van der Waals surface area contributed by atoms with Gasteiger partial charge in [0.05, 0.1) is 10.9 Å². The largest absolute Gasteiger partial charge is 0.378 e. The molecule has 0 aromatic heterocycles. The van der Waals surface area contributed by atoms with Crippen molar-refractivity contribution in [2.24, 2.45) is 5.92 Å². The first-order valence-electron chi connectivity index (χ1n) is 7.84. The number of benzene rings is 2. The molecule has 1 saturated carbocycles. The zero-order chi connectivity index (χ0) is 17.3. The van der Waals surface area contributed by atoms with Crippen molar-refractivity contribution in [3.8, 4) is 0 Å². The molecular weight excluding hydrogens is 393 g/mol. The molecular formula is C18H19BrFNO2S. The van der Waals surface area contributed by atoms with Crippen LogP contribution in [0, 0.1) is 11.7 Å². The molecule has 6 heteroatoms. The van der Waals surface area contributed by atoms with Gasteiger partial charge in [0.15, 0.2) is 9.84 Å². The highest BCUT2D eigenvalue weighted by atomic mass is 79.9. The molecule has 3 rings (SSSR count). The second-order valence-corrected chi connectivity index (χ2v) is 9.31. The van der Waals surface area contributed by atoms with Gasteiger partial charge >= 0.3 is 0 Å². The summed E-state index contributed by atoms with van der Waals surface area (Å²) in [6.45, 7) is 0. The van der Waals surface area contributed by atoms with Gasteiger partial charge in [-0.3, -0.25) is 0 Å². The van der Waals surface area contributed by atoms with E-state index in [2.05, 4.69) is 21.2 Å². The molecule has 0 amide bonds. The highest BCUT2D eigenvalue weighted by molar-refractivity contribution is 9.10. The standard InChI is InChI=1S/C18H19BrFNO2S/c1-24(22,23)17-6-4-16(5-7-17)21-18(8-12-2-3-12)13-9-14(19)11-15(20)10-13/h4-7,9-12,18,21H,2-3,8H2,1H3. The van der Waals surface area contributed by atoms with Crippen LogP contribution < -0.4 is 5.32 Å². The molecule has 1 aliphatic rings. The van der Waals surface area contributed by atoms with E-state index in [4.69, 9.17) is 0 Å². The summed E-state index contributed by atoms with van der Waals surface area (Å²) in [4.78, 5) is 0.292. The van der Waals surface area contributed by atoms with E-state index in [1.807, 2.05) is 6.07 Å². The van der Waals surface area contributed by atoms with Gasteiger partial charge in [0.2, 0.25) is 0 Å².